The average molecular weight is 423 g/mol. The van der Waals surface area contributed by atoms with Crippen LogP contribution in [0.25, 0.3) is 15.9 Å². The lowest BCUT2D eigenvalue weighted by Crippen LogP contribution is -2.26. The van der Waals surface area contributed by atoms with E-state index in [0.717, 1.165) is 33.0 Å². The third-order valence-corrected chi connectivity index (χ3v) is 7.81. The van der Waals surface area contributed by atoms with Crippen molar-refractivity contribution < 1.29 is 4.74 Å². The fourth-order valence-electron chi connectivity index (χ4n) is 3.50. The summed E-state index contributed by atoms with van der Waals surface area (Å²) in [5.41, 5.74) is 2.34. The molecule has 0 fully saturated rings. The van der Waals surface area contributed by atoms with E-state index < -0.39 is 0 Å². The van der Waals surface area contributed by atoms with Crippen LogP contribution in [0.4, 0.5) is 0 Å². The summed E-state index contributed by atoms with van der Waals surface area (Å²) in [5, 5.41) is 12.3. The van der Waals surface area contributed by atoms with Crippen LogP contribution in [0.2, 0.25) is 0 Å². The highest BCUT2D eigenvalue weighted by molar-refractivity contribution is 7.99. The molecule has 3 aromatic heterocycles. The first-order valence-electron chi connectivity index (χ1n) is 9.61. The molecule has 0 spiro atoms. The smallest absolute Gasteiger partial charge is 0.197 e. The number of thioether (sulfide) groups is 2. The number of thiophene rings is 1. The molecule has 0 saturated carbocycles. The normalized spacial score (nSPS) is 17.3. The Morgan fingerprint density at radius 3 is 2.85 bits per heavy atom. The van der Waals surface area contributed by atoms with Crippen molar-refractivity contribution in [2.45, 2.75) is 69.5 Å². The lowest BCUT2D eigenvalue weighted by atomic mass is 9.96. The maximum atomic E-state index is 6.08. The molecule has 1 atom stereocenters. The Morgan fingerprint density at radius 1 is 1.26 bits per heavy atom. The van der Waals surface area contributed by atoms with Crippen molar-refractivity contribution in [3.8, 4) is 0 Å². The van der Waals surface area contributed by atoms with Gasteiger partial charge in [-0.1, -0.05) is 57.1 Å². The second-order valence-corrected chi connectivity index (χ2v) is 10.2. The van der Waals surface area contributed by atoms with Gasteiger partial charge < -0.3 is 4.74 Å². The molecule has 3 aromatic rings. The third-order valence-electron chi connectivity index (χ3n) is 5.06. The minimum atomic E-state index is 0.265. The Bertz CT molecular complexity index is 950. The molecule has 8 heteroatoms. The van der Waals surface area contributed by atoms with Gasteiger partial charge in [0.15, 0.2) is 16.0 Å². The van der Waals surface area contributed by atoms with Crippen molar-refractivity contribution in [2.75, 3.05) is 12.0 Å². The van der Waals surface area contributed by atoms with Gasteiger partial charge in [-0.3, -0.25) is 0 Å². The van der Waals surface area contributed by atoms with Crippen molar-refractivity contribution in [3.63, 3.8) is 0 Å². The first-order chi connectivity index (χ1) is 13.1. The predicted octanol–water partition coefficient (Wildman–Crippen LogP) is 5.44. The molecule has 0 N–H and O–H groups in total. The molecule has 4 heterocycles. The highest BCUT2D eigenvalue weighted by Gasteiger charge is 2.28. The van der Waals surface area contributed by atoms with Crippen molar-refractivity contribution >= 4 is 50.7 Å². The molecule has 5 nitrogen and oxygen atoms in total. The second-order valence-electron chi connectivity index (χ2n) is 7.28. The SMILES string of the molecule is CCCCCSc1nnc2c3c4c(sc3nc(SC)n12)CO[C@@H](C(C)C)C4. The van der Waals surface area contributed by atoms with Crippen LogP contribution in [0.15, 0.2) is 10.3 Å². The van der Waals surface area contributed by atoms with Gasteiger partial charge >= 0.3 is 0 Å². The van der Waals surface area contributed by atoms with Crippen molar-refractivity contribution in [1.29, 1.82) is 0 Å². The van der Waals surface area contributed by atoms with Crippen LogP contribution in [-0.2, 0) is 17.8 Å². The van der Waals surface area contributed by atoms with Crippen molar-refractivity contribution in [3.05, 3.63) is 10.4 Å². The number of hydrogen-bond donors (Lipinski definition) is 0. The lowest BCUT2D eigenvalue weighted by molar-refractivity contribution is 0.00203. The molecule has 1 aliphatic heterocycles. The molecule has 146 valence electrons. The van der Waals surface area contributed by atoms with E-state index in [4.69, 9.17) is 9.72 Å². The first kappa shape index (κ1) is 19.5. The fraction of sp³-hybridized carbons (Fsp3) is 0.632. The largest absolute Gasteiger partial charge is 0.372 e. The van der Waals surface area contributed by atoms with Crippen LogP contribution in [0.5, 0.6) is 0 Å². The van der Waals surface area contributed by atoms with Crippen LogP contribution < -0.4 is 0 Å². The van der Waals surface area contributed by atoms with E-state index in [1.165, 1.54) is 35.1 Å². The van der Waals surface area contributed by atoms with Gasteiger partial charge in [0.2, 0.25) is 0 Å². The third kappa shape index (κ3) is 3.61. The fourth-order valence-corrected chi connectivity index (χ4v) is 6.20. The van der Waals surface area contributed by atoms with E-state index in [2.05, 4.69) is 41.6 Å². The maximum absolute atomic E-state index is 6.08. The van der Waals surface area contributed by atoms with E-state index in [1.807, 2.05) is 0 Å². The Hall–Kier alpha value is -0.830. The van der Waals surface area contributed by atoms with Crippen LogP contribution in [-0.4, -0.2) is 37.7 Å². The van der Waals surface area contributed by atoms with Gasteiger partial charge in [0.05, 0.1) is 18.1 Å². The Balaban J connectivity index is 1.80. The number of ether oxygens (including phenoxy) is 1. The average Bonchev–Trinajstić information content (AvgIpc) is 3.24. The minimum absolute atomic E-state index is 0.265. The quantitative estimate of drug-likeness (QED) is 0.287. The zero-order valence-electron chi connectivity index (χ0n) is 16.3. The molecule has 0 unspecified atom stereocenters. The molecule has 0 aliphatic carbocycles. The number of hydrogen-bond acceptors (Lipinski definition) is 7. The summed E-state index contributed by atoms with van der Waals surface area (Å²) in [7, 11) is 0. The van der Waals surface area contributed by atoms with Gasteiger partial charge in [-0.25, -0.2) is 9.38 Å². The maximum Gasteiger partial charge on any atom is 0.197 e. The van der Waals surface area contributed by atoms with Crippen LogP contribution in [0, 0.1) is 5.92 Å². The molecule has 0 amide bonds. The zero-order valence-corrected chi connectivity index (χ0v) is 18.8. The summed E-state index contributed by atoms with van der Waals surface area (Å²) in [6.45, 7) is 7.38. The molecule has 1 aliphatic rings. The second kappa shape index (κ2) is 8.27. The highest BCUT2D eigenvalue weighted by Crippen LogP contribution is 2.40. The van der Waals surface area contributed by atoms with Gasteiger partial charge in [-0.2, -0.15) is 0 Å². The number of rotatable bonds is 7. The van der Waals surface area contributed by atoms with E-state index >= 15 is 0 Å². The number of fused-ring (bicyclic) bond motifs is 5. The van der Waals surface area contributed by atoms with Crippen LogP contribution >= 0.6 is 34.9 Å². The molecule has 4 rings (SSSR count). The molecule has 0 radical (unpaired) electrons. The van der Waals surface area contributed by atoms with E-state index in [1.54, 1.807) is 34.9 Å². The lowest BCUT2D eigenvalue weighted by Gasteiger charge is -2.26. The molecule has 27 heavy (non-hydrogen) atoms. The van der Waals surface area contributed by atoms with E-state index in [0.29, 0.717) is 12.5 Å². The summed E-state index contributed by atoms with van der Waals surface area (Å²) in [4.78, 5) is 7.34. The summed E-state index contributed by atoms with van der Waals surface area (Å²) >= 11 is 5.21. The van der Waals surface area contributed by atoms with Crippen LogP contribution in [0.1, 0.15) is 50.5 Å². The monoisotopic (exact) mass is 422 g/mol. The standard InChI is InChI=1S/C19H26N4OS3/c1-5-6-7-8-26-19-22-21-16-15-12-9-13(11(2)3)24-10-14(12)27-17(15)20-18(25-4)23(16)19/h11,13H,5-10H2,1-4H3/t13-/m1/s1. The molecule has 0 bridgehead atoms. The molecular weight excluding hydrogens is 396 g/mol. The molecule has 0 saturated heterocycles. The predicted molar refractivity (Wildman–Crippen MR) is 115 cm³/mol. The summed E-state index contributed by atoms with van der Waals surface area (Å²) < 4.78 is 8.24. The van der Waals surface area contributed by atoms with Crippen molar-refractivity contribution in [2.24, 2.45) is 5.92 Å². The van der Waals surface area contributed by atoms with E-state index in [9.17, 15) is 0 Å². The zero-order chi connectivity index (χ0) is 19.0. The highest BCUT2D eigenvalue weighted by atomic mass is 32.2. The Labute approximate surface area is 172 Å². The number of nitrogens with zero attached hydrogens (tertiary/aromatic N) is 4. The van der Waals surface area contributed by atoms with Crippen molar-refractivity contribution in [1.82, 2.24) is 19.6 Å². The summed E-state index contributed by atoms with van der Waals surface area (Å²) in [5.74, 6) is 1.58. The van der Waals surface area contributed by atoms with Gasteiger partial charge in [-0.15, -0.1) is 21.5 Å². The minimum Gasteiger partial charge on any atom is -0.372 e. The van der Waals surface area contributed by atoms with Gasteiger partial charge in [-0.05, 0) is 24.2 Å². The topological polar surface area (TPSA) is 52.3 Å². The Morgan fingerprint density at radius 2 is 2.11 bits per heavy atom. The summed E-state index contributed by atoms with van der Waals surface area (Å²) in [6, 6.07) is 0. The molecular formula is C19H26N4OS3. The Kier molecular flexibility index (Phi) is 5.97. The van der Waals surface area contributed by atoms with Gasteiger partial charge in [0.1, 0.15) is 4.83 Å². The number of unbranched alkanes of at least 4 members (excludes halogenated alkanes) is 2. The van der Waals surface area contributed by atoms with Gasteiger partial charge in [0, 0.05) is 17.1 Å². The summed E-state index contributed by atoms with van der Waals surface area (Å²) in [6.07, 6.45) is 6.98. The van der Waals surface area contributed by atoms with E-state index in [-0.39, 0.29) is 6.10 Å². The first-order valence-corrected chi connectivity index (χ1v) is 12.6. The molecule has 0 aromatic carbocycles. The van der Waals surface area contributed by atoms with Crippen LogP contribution in [0.3, 0.4) is 0 Å². The van der Waals surface area contributed by atoms with Gasteiger partial charge in [0.25, 0.3) is 0 Å². The number of aromatic nitrogens is 4.